The van der Waals surface area contributed by atoms with E-state index in [0.717, 1.165) is 0 Å². The molecule has 0 aliphatic heterocycles. The lowest BCUT2D eigenvalue weighted by molar-refractivity contribution is 0.0658. The van der Waals surface area contributed by atoms with Crippen LogP contribution in [0.25, 0.3) is 22.0 Å². The molecule has 0 saturated heterocycles. The average Bonchev–Trinajstić information content (AvgIpc) is 3.29. The fourth-order valence-corrected chi connectivity index (χ4v) is 3.24. The molecule has 0 radical (unpaired) electrons. The summed E-state index contributed by atoms with van der Waals surface area (Å²) in [6.45, 7) is 0. The van der Waals surface area contributed by atoms with Crippen LogP contribution in [0.1, 0.15) is 37.0 Å². The van der Waals surface area contributed by atoms with Crippen LogP contribution in [0.5, 0.6) is 5.75 Å². The number of aromatic nitrogens is 1. The number of para-hydroxylation sites is 1. The van der Waals surface area contributed by atoms with Gasteiger partial charge in [0.25, 0.3) is 0 Å². The highest BCUT2D eigenvalue weighted by molar-refractivity contribution is 6.19. The Morgan fingerprint density at radius 1 is 0.828 bits per heavy atom. The van der Waals surface area contributed by atoms with Crippen LogP contribution >= 0.6 is 0 Å². The molecule has 0 fully saturated rings. The zero-order valence-corrected chi connectivity index (χ0v) is 14.7. The Bertz CT molecular complexity index is 1280. The lowest BCUT2D eigenvalue weighted by Gasteiger charge is -2.00. The first kappa shape index (κ1) is 18.1. The molecule has 4 aromatic rings. The molecule has 144 valence electrons. The Hall–Kier alpha value is -4.33. The number of fused-ring (bicyclic) bond motifs is 1. The van der Waals surface area contributed by atoms with Gasteiger partial charge in [-0.2, -0.15) is 0 Å². The standard InChI is InChI=1S/C21H13NO7/c23-16(13-9-22-15-11(13)7-4-8-12(15)20(25)26)19-17(24)14(18(29-19)21(27)28)10-5-2-1-3-6-10/h1-9,22,24H,(H,25,26)(H,27,28). The largest absolute Gasteiger partial charge is 0.504 e. The summed E-state index contributed by atoms with van der Waals surface area (Å²) < 4.78 is 5.24. The number of carbonyl (C=O) groups is 3. The van der Waals surface area contributed by atoms with Gasteiger partial charge in [0.05, 0.1) is 22.2 Å². The summed E-state index contributed by atoms with van der Waals surface area (Å²) >= 11 is 0. The quantitative estimate of drug-likeness (QED) is 0.380. The molecule has 4 N–H and O–H groups in total. The van der Waals surface area contributed by atoms with E-state index in [1.54, 1.807) is 36.4 Å². The molecule has 8 nitrogen and oxygen atoms in total. The first-order valence-corrected chi connectivity index (χ1v) is 8.42. The molecule has 2 aromatic heterocycles. The van der Waals surface area contributed by atoms with Gasteiger partial charge in [0.1, 0.15) is 0 Å². The number of aromatic hydroxyl groups is 1. The lowest BCUT2D eigenvalue weighted by Crippen LogP contribution is -2.00. The van der Waals surface area contributed by atoms with Gasteiger partial charge in [0, 0.05) is 11.6 Å². The highest BCUT2D eigenvalue weighted by Crippen LogP contribution is 2.40. The normalized spacial score (nSPS) is 10.9. The molecule has 0 aliphatic carbocycles. The highest BCUT2D eigenvalue weighted by atomic mass is 16.4. The monoisotopic (exact) mass is 391 g/mol. The first-order valence-electron chi connectivity index (χ1n) is 8.42. The number of hydrogen-bond acceptors (Lipinski definition) is 5. The van der Waals surface area contributed by atoms with Crippen molar-refractivity contribution in [1.82, 2.24) is 4.98 Å². The van der Waals surface area contributed by atoms with E-state index in [0.29, 0.717) is 10.9 Å². The number of rotatable bonds is 5. The molecule has 0 spiro atoms. The predicted octanol–water partition coefficient (Wildman–Crippen LogP) is 3.76. The Morgan fingerprint density at radius 3 is 2.21 bits per heavy atom. The number of aromatic carboxylic acids is 2. The first-order chi connectivity index (χ1) is 13.9. The Labute approximate surface area is 162 Å². The molecule has 0 saturated carbocycles. The number of carboxylic acids is 2. The molecule has 29 heavy (non-hydrogen) atoms. The summed E-state index contributed by atoms with van der Waals surface area (Å²) in [6.07, 6.45) is 1.30. The molecule has 2 heterocycles. The van der Waals surface area contributed by atoms with E-state index in [2.05, 4.69) is 4.98 Å². The van der Waals surface area contributed by atoms with Crippen molar-refractivity contribution in [2.45, 2.75) is 0 Å². The summed E-state index contributed by atoms with van der Waals surface area (Å²) in [5.74, 6) is -5.09. The van der Waals surface area contributed by atoms with Crippen molar-refractivity contribution in [3.63, 3.8) is 0 Å². The minimum atomic E-state index is -1.44. The molecule has 0 bridgehead atoms. The van der Waals surface area contributed by atoms with Gasteiger partial charge in [-0.15, -0.1) is 0 Å². The van der Waals surface area contributed by atoms with Crippen molar-refractivity contribution in [1.29, 1.82) is 0 Å². The van der Waals surface area contributed by atoms with Crippen LogP contribution in [-0.4, -0.2) is 38.0 Å². The van der Waals surface area contributed by atoms with E-state index < -0.39 is 35.0 Å². The van der Waals surface area contributed by atoms with Crippen LogP contribution in [-0.2, 0) is 0 Å². The minimum absolute atomic E-state index is 0.0265. The molecular formula is C21H13NO7. The Balaban J connectivity index is 1.89. The van der Waals surface area contributed by atoms with E-state index in [1.807, 2.05) is 0 Å². The number of benzene rings is 2. The van der Waals surface area contributed by atoms with E-state index in [9.17, 15) is 29.7 Å². The minimum Gasteiger partial charge on any atom is -0.504 e. The van der Waals surface area contributed by atoms with Gasteiger partial charge in [0.2, 0.25) is 17.3 Å². The van der Waals surface area contributed by atoms with Crippen LogP contribution in [0, 0.1) is 0 Å². The van der Waals surface area contributed by atoms with Crippen LogP contribution in [0.3, 0.4) is 0 Å². The second-order valence-electron chi connectivity index (χ2n) is 6.22. The third kappa shape index (κ3) is 2.83. The number of ketones is 1. The van der Waals surface area contributed by atoms with E-state index >= 15 is 0 Å². The van der Waals surface area contributed by atoms with Gasteiger partial charge >= 0.3 is 11.9 Å². The number of carbonyl (C=O) groups excluding carboxylic acids is 1. The maximum absolute atomic E-state index is 13.0. The number of carboxylic acid groups (broad SMARTS) is 2. The van der Waals surface area contributed by atoms with E-state index in [1.165, 1.54) is 18.3 Å². The van der Waals surface area contributed by atoms with Gasteiger partial charge in [-0.1, -0.05) is 42.5 Å². The summed E-state index contributed by atoms with van der Waals surface area (Å²) in [5.41, 5.74) is 0.520. The van der Waals surface area contributed by atoms with E-state index in [4.69, 9.17) is 4.42 Å². The third-order valence-corrected chi connectivity index (χ3v) is 4.54. The summed E-state index contributed by atoms with van der Waals surface area (Å²) in [6, 6.07) is 12.6. The zero-order chi connectivity index (χ0) is 20.7. The Morgan fingerprint density at radius 2 is 1.55 bits per heavy atom. The van der Waals surface area contributed by atoms with E-state index in [-0.39, 0.29) is 22.2 Å². The van der Waals surface area contributed by atoms with Crippen molar-refractivity contribution in [2.75, 3.05) is 0 Å². The smallest absolute Gasteiger partial charge is 0.372 e. The van der Waals surface area contributed by atoms with Crippen LogP contribution in [0.2, 0.25) is 0 Å². The van der Waals surface area contributed by atoms with Gasteiger partial charge in [0.15, 0.2) is 5.75 Å². The maximum Gasteiger partial charge on any atom is 0.372 e. The Kier molecular flexibility index (Phi) is 4.16. The van der Waals surface area contributed by atoms with Gasteiger partial charge in [-0.25, -0.2) is 9.59 Å². The number of furan rings is 1. The molecule has 0 amide bonds. The zero-order valence-electron chi connectivity index (χ0n) is 14.7. The topological polar surface area (TPSA) is 141 Å². The fourth-order valence-electron chi connectivity index (χ4n) is 3.24. The predicted molar refractivity (Wildman–Crippen MR) is 101 cm³/mol. The van der Waals surface area contributed by atoms with Gasteiger partial charge < -0.3 is 24.7 Å². The molecule has 8 heteroatoms. The lowest BCUT2D eigenvalue weighted by atomic mass is 10.0. The number of aromatic amines is 1. The second kappa shape index (κ2) is 6.68. The van der Waals surface area contributed by atoms with Crippen molar-refractivity contribution in [2.24, 2.45) is 0 Å². The van der Waals surface area contributed by atoms with Crippen LogP contribution < -0.4 is 0 Å². The second-order valence-corrected chi connectivity index (χ2v) is 6.22. The molecule has 4 rings (SSSR count). The fraction of sp³-hybridized carbons (Fsp3) is 0. The maximum atomic E-state index is 13.0. The number of H-pyrrole nitrogens is 1. The van der Waals surface area contributed by atoms with Crippen molar-refractivity contribution < 1.29 is 34.1 Å². The average molecular weight is 391 g/mol. The van der Waals surface area contributed by atoms with Crippen LogP contribution in [0.15, 0.2) is 59.1 Å². The molecule has 0 atom stereocenters. The van der Waals surface area contributed by atoms with Gasteiger partial charge in [-0.05, 0) is 11.6 Å². The SMILES string of the molecule is O=C(O)c1oc(C(=O)c2c[nH]c3c(C(=O)O)cccc23)c(O)c1-c1ccccc1. The molecule has 0 unspecified atom stereocenters. The molecule has 2 aromatic carbocycles. The summed E-state index contributed by atoms with van der Waals surface area (Å²) in [4.78, 5) is 38.8. The van der Waals surface area contributed by atoms with Crippen LogP contribution in [0.4, 0.5) is 0 Å². The molecule has 0 aliphatic rings. The number of hydrogen-bond donors (Lipinski definition) is 4. The van der Waals surface area contributed by atoms with Crippen molar-refractivity contribution >= 4 is 28.6 Å². The van der Waals surface area contributed by atoms with Crippen molar-refractivity contribution in [3.8, 4) is 16.9 Å². The number of nitrogens with one attached hydrogen (secondary N) is 1. The molecular weight excluding hydrogens is 378 g/mol. The highest BCUT2D eigenvalue weighted by Gasteiger charge is 2.31. The van der Waals surface area contributed by atoms with Crippen molar-refractivity contribution in [3.05, 3.63) is 77.4 Å². The third-order valence-electron chi connectivity index (χ3n) is 4.54. The summed E-state index contributed by atoms with van der Waals surface area (Å²) in [5, 5.41) is 29.7. The summed E-state index contributed by atoms with van der Waals surface area (Å²) in [7, 11) is 0. The van der Waals surface area contributed by atoms with Gasteiger partial charge in [-0.3, -0.25) is 4.79 Å².